The smallest absolute Gasteiger partial charge is 0.391 e. The van der Waals surface area contributed by atoms with E-state index in [2.05, 4.69) is 4.98 Å². The van der Waals surface area contributed by atoms with Crippen LogP contribution in [0.1, 0.15) is 6.92 Å². The third-order valence-electron chi connectivity index (χ3n) is 3.46. The summed E-state index contributed by atoms with van der Waals surface area (Å²) in [5.41, 5.74) is 0.767. The highest BCUT2D eigenvalue weighted by molar-refractivity contribution is 5.89. The normalized spacial score (nSPS) is 10.6. The minimum atomic E-state index is -0.764. The van der Waals surface area contributed by atoms with Gasteiger partial charge in [0, 0.05) is 24.1 Å². The summed E-state index contributed by atoms with van der Waals surface area (Å²) >= 11 is 0. The Morgan fingerprint density at radius 3 is 2.50 bits per heavy atom. The van der Waals surface area contributed by atoms with Gasteiger partial charge in [-0.15, -0.1) is 0 Å². The van der Waals surface area contributed by atoms with Gasteiger partial charge in [0.2, 0.25) is 5.88 Å². The highest BCUT2D eigenvalue weighted by atomic mass is 19.1. The highest BCUT2D eigenvalue weighted by Gasteiger charge is 2.18. The molecule has 6 heteroatoms. The number of hydrogen-bond acceptors (Lipinski definition) is 3. The Kier molecular flexibility index (Phi) is 4.37. The number of amides is 1. The van der Waals surface area contributed by atoms with E-state index in [-0.39, 0.29) is 18.1 Å². The van der Waals surface area contributed by atoms with Crippen LogP contribution in [-0.2, 0) is 0 Å². The molecule has 1 amide bonds. The lowest BCUT2D eigenvalue weighted by molar-refractivity contribution is 0.206. The minimum absolute atomic E-state index is 0.0841. The van der Waals surface area contributed by atoms with Crippen molar-refractivity contribution in [2.24, 2.45) is 0 Å². The van der Waals surface area contributed by atoms with Gasteiger partial charge in [-0.3, -0.25) is 4.90 Å². The molecule has 0 saturated heterocycles. The first-order chi connectivity index (χ1) is 11.6. The molecule has 4 nitrogen and oxygen atoms in total. The fraction of sp³-hybridized carbons (Fsp3) is 0.111. The maximum atomic E-state index is 13.4. The van der Waals surface area contributed by atoms with E-state index < -0.39 is 17.7 Å². The highest BCUT2D eigenvalue weighted by Crippen LogP contribution is 2.21. The van der Waals surface area contributed by atoms with E-state index in [0.717, 1.165) is 28.5 Å². The van der Waals surface area contributed by atoms with Gasteiger partial charge in [0.1, 0.15) is 11.6 Å². The van der Waals surface area contributed by atoms with Gasteiger partial charge in [0.25, 0.3) is 0 Å². The number of nitrogens with zero attached hydrogens (tertiary/aromatic N) is 2. The van der Waals surface area contributed by atoms with Crippen molar-refractivity contribution < 1.29 is 18.3 Å². The van der Waals surface area contributed by atoms with E-state index in [1.54, 1.807) is 25.1 Å². The van der Waals surface area contributed by atoms with Gasteiger partial charge >= 0.3 is 6.09 Å². The van der Waals surface area contributed by atoms with Gasteiger partial charge in [-0.2, -0.15) is 0 Å². The van der Waals surface area contributed by atoms with Crippen LogP contribution in [0.5, 0.6) is 5.88 Å². The molecule has 0 atom stereocenters. The monoisotopic (exact) mass is 328 g/mol. The fourth-order valence-corrected chi connectivity index (χ4v) is 2.36. The van der Waals surface area contributed by atoms with Crippen molar-refractivity contribution in [1.29, 1.82) is 0 Å². The molecule has 3 aromatic rings. The van der Waals surface area contributed by atoms with Gasteiger partial charge in [0.05, 0.1) is 11.2 Å². The average molecular weight is 328 g/mol. The summed E-state index contributed by atoms with van der Waals surface area (Å²) in [6.45, 7) is 1.87. The predicted octanol–water partition coefficient (Wildman–Crippen LogP) is 4.54. The summed E-state index contributed by atoms with van der Waals surface area (Å²) in [6.07, 6.45) is -0.759. The molecule has 0 radical (unpaired) electrons. The largest absolute Gasteiger partial charge is 0.421 e. The first-order valence-electron chi connectivity index (χ1n) is 7.38. The van der Waals surface area contributed by atoms with Crippen LogP contribution in [0.3, 0.4) is 0 Å². The van der Waals surface area contributed by atoms with Crippen LogP contribution in [0.15, 0.2) is 54.6 Å². The maximum Gasteiger partial charge on any atom is 0.421 e. The van der Waals surface area contributed by atoms with Gasteiger partial charge in [-0.1, -0.05) is 18.2 Å². The van der Waals surface area contributed by atoms with Crippen molar-refractivity contribution in [3.63, 3.8) is 0 Å². The van der Waals surface area contributed by atoms with Crippen molar-refractivity contribution in [2.45, 2.75) is 6.92 Å². The van der Waals surface area contributed by atoms with Gasteiger partial charge in [0.15, 0.2) is 0 Å². The lowest BCUT2D eigenvalue weighted by Gasteiger charge is -2.20. The number of benzene rings is 2. The Balaban J connectivity index is 1.85. The Labute approximate surface area is 137 Å². The Morgan fingerprint density at radius 2 is 1.79 bits per heavy atom. The van der Waals surface area contributed by atoms with E-state index in [9.17, 15) is 13.6 Å². The SMILES string of the molecule is CCN(C(=O)Oc1ccc2ccccc2n1)c1cc(F)cc(F)c1. The van der Waals surface area contributed by atoms with E-state index in [1.165, 1.54) is 0 Å². The molecule has 0 saturated carbocycles. The predicted molar refractivity (Wildman–Crippen MR) is 87.1 cm³/mol. The molecule has 0 bridgehead atoms. The van der Waals surface area contributed by atoms with Crippen LogP contribution in [0.4, 0.5) is 19.3 Å². The molecule has 0 N–H and O–H groups in total. The number of aromatic nitrogens is 1. The Hall–Kier alpha value is -3.02. The molecule has 0 unspecified atom stereocenters. The zero-order valence-electron chi connectivity index (χ0n) is 12.9. The first kappa shape index (κ1) is 15.9. The standard InChI is InChI=1S/C18H14F2N2O2/c1-2-22(15-10-13(19)9-14(20)11-15)18(23)24-17-8-7-12-5-3-4-6-16(12)21-17/h3-11H,2H2,1H3. The number of hydrogen-bond donors (Lipinski definition) is 0. The molecule has 1 aromatic heterocycles. The fourth-order valence-electron chi connectivity index (χ4n) is 2.36. The number of carbonyl (C=O) groups excluding carboxylic acids is 1. The molecule has 1 heterocycles. The summed E-state index contributed by atoms with van der Waals surface area (Å²) < 4.78 is 32.0. The van der Waals surface area contributed by atoms with Crippen LogP contribution in [0.2, 0.25) is 0 Å². The maximum absolute atomic E-state index is 13.4. The van der Waals surface area contributed by atoms with Crippen LogP contribution in [0.25, 0.3) is 10.9 Å². The molecule has 3 rings (SSSR count). The summed E-state index contributed by atoms with van der Waals surface area (Å²) in [4.78, 5) is 17.7. The number of rotatable bonds is 3. The summed E-state index contributed by atoms with van der Waals surface area (Å²) in [6, 6.07) is 13.6. The van der Waals surface area contributed by atoms with Crippen LogP contribution < -0.4 is 9.64 Å². The molecule has 24 heavy (non-hydrogen) atoms. The molecular formula is C18H14F2N2O2. The first-order valence-corrected chi connectivity index (χ1v) is 7.38. The minimum Gasteiger partial charge on any atom is -0.391 e. The third kappa shape index (κ3) is 3.32. The van der Waals surface area contributed by atoms with Crippen molar-refractivity contribution in [2.75, 3.05) is 11.4 Å². The van der Waals surface area contributed by atoms with Crippen molar-refractivity contribution in [3.8, 4) is 5.88 Å². The van der Waals surface area contributed by atoms with E-state index >= 15 is 0 Å². The van der Waals surface area contributed by atoms with Crippen molar-refractivity contribution >= 4 is 22.7 Å². The Morgan fingerprint density at radius 1 is 1.08 bits per heavy atom. The molecule has 0 fully saturated rings. The lowest BCUT2D eigenvalue weighted by atomic mass is 10.2. The van der Waals surface area contributed by atoms with Crippen LogP contribution >= 0.6 is 0 Å². The lowest BCUT2D eigenvalue weighted by Crippen LogP contribution is -2.33. The van der Waals surface area contributed by atoms with E-state index in [0.29, 0.717) is 5.52 Å². The third-order valence-corrected chi connectivity index (χ3v) is 3.46. The van der Waals surface area contributed by atoms with Crippen molar-refractivity contribution in [3.05, 3.63) is 66.2 Å². The summed E-state index contributed by atoms with van der Waals surface area (Å²) in [7, 11) is 0. The topological polar surface area (TPSA) is 42.4 Å². The molecular weight excluding hydrogens is 314 g/mol. The second kappa shape index (κ2) is 6.62. The number of pyridine rings is 1. The molecule has 2 aromatic carbocycles. The quantitative estimate of drug-likeness (QED) is 0.709. The number of fused-ring (bicyclic) bond motifs is 1. The molecule has 0 spiro atoms. The van der Waals surface area contributed by atoms with E-state index in [1.807, 2.05) is 18.2 Å². The second-order valence-corrected chi connectivity index (χ2v) is 5.08. The van der Waals surface area contributed by atoms with E-state index in [4.69, 9.17) is 4.74 Å². The molecule has 0 aliphatic rings. The molecule has 0 aliphatic heterocycles. The molecule has 122 valence electrons. The number of carbonyl (C=O) groups is 1. The van der Waals surface area contributed by atoms with Crippen molar-refractivity contribution in [1.82, 2.24) is 4.98 Å². The van der Waals surface area contributed by atoms with Gasteiger partial charge in [-0.05, 0) is 31.2 Å². The van der Waals surface area contributed by atoms with Crippen LogP contribution in [-0.4, -0.2) is 17.6 Å². The average Bonchev–Trinajstić information content (AvgIpc) is 2.54. The summed E-state index contributed by atoms with van der Waals surface area (Å²) in [5.74, 6) is -1.41. The molecule has 0 aliphatic carbocycles. The zero-order chi connectivity index (χ0) is 17.1. The van der Waals surface area contributed by atoms with Gasteiger partial charge in [-0.25, -0.2) is 18.6 Å². The zero-order valence-corrected chi connectivity index (χ0v) is 12.9. The van der Waals surface area contributed by atoms with Gasteiger partial charge < -0.3 is 4.74 Å². The summed E-state index contributed by atoms with van der Waals surface area (Å²) in [5, 5.41) is 0.914. The number of para-hydroxylation sites is 1. The number of anilines is 1. The number of ether oxygens (including phenoxy) is 1. The van der Waals surface area contributed by atoms with Crippen LogP contribution in [0, 0.1) is 11.6 Å². The Bertz CT molecular complexity index is 879. The second-order valence-electron chi connectivity index (χ2n) is 5.08. The number of halogens is 2.